The van der Waals surface area contributed by atoms with E-state index in [2.05, 4.69) is 10.2 Å². The van der Waals surface area contributed by atoms with E-state index in [4.69, 9.17) is 23.2 Å². The Bertz CT molecular complexity index is 374. The van der Waals surface area contributed by atoms with Crippen LogP contribution in [0, 0.1) is 0 Å². The summed E-state index contributed by atoms with van der Waals surface area (Å²) < 4.78 is 0. The average Bonchev–Trinajstić information content (AvgIpc) is 2.26. The number of azo groups is 1. The van der Waals surface area contributed by atoms with Crippen molar-refractivity contribution in [3.05, 3.63) is 46.6 Å². The summed E-state index contributed by atoms with van der Waals surface area (Å²) in [5, 5.41) is 6.72. The smallest absolute Gasteiger partial charge is 0.265 e. The first-order valence-electron chi connectivity index (χ1n) is 3.71. The van der Waals surface area contributed by atoms with Gasteiger partial charge in [-0.2, -0.15) is 0 Å². The second-order valence-electron chi connectivity index (χ2n) is 2.30. The summed E-state index contributed by atoms with van der Waals surface area (Å²) >= 11 is 10.6. The first-order valence-corrected chi connectivity index (χ1v) is 4.52. The monoisotopic (exact) mass is 228 g/mol. The second-order valence-corrected chi connectivity index (χ2v) is 2.91. The van der Waals surface area contributed by atoms with Gasteiger partial charge in [0, 0.05) is 11.1 Å². The van der Waals surface area contributed by atoms with E-state index >= 15 is 0 Å². The second kappa shape index (κ2) is 5.52. The molecule has 14 heavy (non-hydrogen) atoms. The molecule has 0 aromatic heterocycles. The minimum atomic E-state index is -0.456. The van der Waals surface area contributed by atoms with Crippen LogP contribution >= 0.6 is 23.2 Å². The number of carbonyl (C=O) groups excluding carboxylic acids is 1. The topological polar surface area (TPSA) is 41.8 Å². The zero-order valence-corrected chi connectivity index (χ0v) is 8.53. The predicted molar refractivity (Wildman–Crippen MR) is 55.4 cm³/mol. The standard InChI is InChI=1S/C9H6Cl2N2O/c10-6-8(11)12-13-9(14)7-4-2-1-3-5-7/h1-6H. The van der Waals surface area contributed by atoms with Gasteiger partial charge in [-0.15, -0.1) is 10.2 Å². The third kappa shape index (κ3) is 3.28. The van der Waals surface area contributed by atoms with E-state index < -0.39 is 5.91 Å². The van der Waals surface area contributed by atoms with Crippen LogP contribution in [0.5, 0.6) is 0 Å². The van der Waals surface area contributed by atoms with Gasteiger partial charge in [0.15, 0.2) is 5.16 Å². The van der Waals surface area contributed by atoms with E-state index in [9.17, 15) is 4.79 Å². The molecule has 5 heteroatoms. The van der Waals surface area contributed by atoms with Gasteiger partial charge in [0.1, 0.15) is 0 Å². The maximum atomic E-state index is 11.3. The predicted octanol–water partition coefficient (Wildman–Crippen LogP) is 3.56. The Morgan fingerprint density at radius 3 is 2.43 bits per heavy atom. The maximum Gasteiger partial charge on any atom is 0.295 e. The van der Waals surface area contributed by atoms with Crippen LogP contribution in [0.25, 0.3) is 0 Å². The van der Waals surface area contributed by atoms with Crippen LogP contribution in [0.1, 0.15) is 10.4 Å². The molecular formula is C9H6Cl2N2O. The van der Waals surface area contributed by atoms with Crippen molar-refractivity contribution in [3.8, 4) is 0 Å². The molecule has 0 aliphatic heterocycles. The number of rotatable bonds is 2. The number of benzene rings is 1. The molecule has 0 saturated heterocycles. The zero-order valence-electron chi connectivity index (χ0n) is 7.02. The molecule has 72 valence electrons. The number of nitrogens with zero attached hydrogens (tertiary/aromatic N) is 2. The fourth-order valence-corrected chi connectivity index (χ4v) is 0.835. The van der Waals surface area contributed by atoms with E-state index in [1.807, 2.05) is 0 Å². The van der Waals surface area contributed by atoms with Gasteiger partial charge in [0.05, 0.1) is 0 Å². The molecule has 0 saturated carbocycles. The molecule has 0 fully saturated rings. The number of hydrogen-bond donors (Lipinski definition) is 0. The lowest BCUT2D eigenvalue weighted by atomic mass is 10.2. The Balaban J connectivity index is 2.74. The van der Waals surface area contributed by atoms with Crippen molar-refractivity contribution in [3.63, 3.8) is 0 Å². The molecule has 0 aliphatic rings. The highest BCUT2D eigenvalue weighted by Gasteiger charge is 2.01. The van der Waals surface area contributed by atoms with Crippen LogP contribution in [0.4, 0.5) is 0 Å². The summed E-state index contributed by atoms with van der Waals surface area (Å²) in [5.74, 6) is -0.456. The molecule has 0 radical (unpaired) electrons. The van der Waals surface area contributed by atoms with Crippen molar-refractivity contribution in [1.82, 2.24) is 0 Å². The fraction of sp³-hybridized carbons (Fsp3) is 0. The van der Waals surface area contributed by atoms with Crippen molar-refractivity contribution in [2.75, 3.05) is 0 Å². The summed E-state index contributed by atoms with van der Waals surface area (Å²) in [4.78, 5) is 11.3. The molecule has 0 unspecified atom stereocenters. The van der Waals surface area contributed by atoms with Gasteiger partial charge in [0.25, 0.3) is 5.91 Å². The third-order valence-electron chi connectivity index (χ3n) is 1.35. The lowest BCUT2D eigenvalue weighted by Gasteiger charge is -1.91. The van der Waals surface area contributed by atoms with Gasteiger partial charge in [-0.3, -0.25) is 4.79 Å². The zero-order chi connectivity index (χ0) is 10.4. The number of halogens is 2. The van der Waals surface area contributed by atoms with Crippen LogP contribution in [-0.2, 0) is 0 Å². The van der Waals surface area contributed by atoms with E-state index in [0.29, 0.717) is 5.56 Å². The molecule has 3 nitrogen and oxygen atoms in total. The van der Waals surface area contributed by atoms with Crippen LogP contribution in [0.2, 0.25) is 0 Å². The molecule has 1 aromatic rings. The van der Waals surface area contributed by atoms with Crippen molar-refractivity contribution < 1.29 is 4.79 Å². The normalized spacial score (nSPS) is 12.0. The lowest BCUT2D eigenvalue weighted by Crippen LogP contribution is -1.92. The van der Waals surface area contributed by atoms with E-state index in [1.54, 1.807) is 30.3 Å². The van der Waals surface area contributed by atoms with Gasteiger partial charge in [-0.25, -0.2) is 0 Å². The van der Waals surface area contributed by atoms with E-state index in [-0.39, 0.29) is 5.16 Å². The highest BCUT2D eigenvalue weighted by molar-refractivity contribution is 6.36. The molecule has 1 rings (SSSR count). The minimum absolute atomic E-state index is 0.0315. The fourth-order valence-electron chi connectivity index (χ4n) is 0.753. The summed E-state index contributed by atoms with van der Waals surface area (Å²) in [6.45, 7) is 0. The Hall–Kier alpha value is -1.19. The summed E-state index contributed by atoms with van der Waals surface area (Å²) in [5.41, 5.74) is 1.49. The highest BCUT2D eigenvalue weighted by Crippen LogP contribution is 2.07. The van der Waals surface area contributed by atoms with Crippen LogP contribution in [0.3, 0.4) is 0 Å². The molecule has 0 bridgehead atoms. The minimum Gasteiger partial charge on any atom is -0.265 e. The molecule has 0 aliphatic carbocycles. The SMILES string of the molecule is O=C(N=NC(Cl)=CCl)c1ccccc1. The average molecular weight is 229 g/mol. The van der Waals surface area contributed by atoms with Crippen LogP contribution < -0.4 is 0 Å². The van der Waals surface area contributed by atoms with Gasteiger partial charge in [-0.05, 0) is 12.1 Å². The third-order valence-corrected chi connectivity index (χ3v) is 1.85. The van der Waals surface area contributed by atoms with Crippen molar-refractivity contribution in [2.24, 2.45) is 10.2 Å². The van der Waals surface area contributed by atoms with Crippen molar-refractivity contribution >= 4 is 29.1 Å². The Kier molecular flexibility index (Phi) is 4.29. The maximum absolute atomic E-state index is 11.3. The Morgan fingerprint density at radius 1 is 1.21 bits per heavy atom. The molecule has 0 heterocycles. The lowest BCUT2D eigenvalue weighted by molar-refractivity contribution is 0.0994. The molecular weight excluding hydrogens is 223 g/mol. The van der Waals surface area contributed by atoms with E-state index in [0.717, 1.165) is 5.54 Å². The number of carbonyl (C=O) groups is 1. The van der Waals surface area contributed by atoms with Gasteiger partial charge >= 0.3 is 0 Å². The van der Waals surface area contributed by atoms with E-state index in [1.165, 1.54) is 0 Å². The van der Waals surface area contributed by atoms with Crippen LogP contribution in [0.15, 0.2) is 51.3 Å². The molecule has 0 N–H and O–H groups in total. The molecule has 0 atom stereocenters. The highest BCUT2D eigenvalue weighted by atomic mass is 35.5. The van der Waals surface area contributed by atoms with Crippen molar-refractivity contribution in [1.29, 1.82) is 0 Å². The first kappa shape index (κ1) is 10.9. The summed E-state index contributed by atoms with van der Waals surface area (Å²) in [6.07, 6.45) is 0. The van der Waals surface area contributed by atoms with Gasteiger partial charge in [-0.1, -0.05) is 41.4 Å². The molecule has 1 aromatic carbocycles. The van der Waals surface area contributed by atoms with Gasteiger partial charge < -0.3 is 0 Å². The molecule has 0 spiro atoms. The summed E-state index contributed by atoms with van der Waals surface area (Å²) in [6, 6.07) is 8.56. The number of amides is 1. The quantitative estimate of drug-likeness (QED) is 0.564. The first-order chi connectivity index (χ1) is 6.74. The summed E-state index contributed by atoms with van der Waals surface area (Å²) in [7, 11) is 0. The van der Waals surface area contributed by atoms with Crippen LogP contribution in [-0.4, -0.2) is 5.91 Å². The number of hydrogen-bond acceptors (Lipinski definition) is 2. The Morgan fingerprint density at radius 2 is 1.86 bits per heavy atom. The molecule has 1 amide bonds. The largest absolute Gasteiger partial charge is 0.295 e. The van der Waals surface area contributed by atoms with Gasteiger partial charge in [0.2, 0.25) is 0 Å². The Labute approximate surface area is 91.1 Å². The van der Waals surface area contributed by atoms with Crippen molar-refractivity contribution in [2.45, 2.75) is 0 Å².